The highest BCUT2D eigenvalue weighted by Crippen LogP contribution is 2.41. The highest BCUT2D eigenvalue weighted by atomic mass is 35.5. The van der Waals surface area contributed by atoms with Crippen LogP contribution in [0.2, 0.25) is 0 Å². The molecule has 1 heterocycles. The maximum Gasteiger partial charge on any atom is 0.246 e. The van der Waals surface area contributed by atoms with E-state index in [1.165, 1.54) is 24.0 Å². The third kappa shape index (κ3) is 5.21. The van der Waals surface area contributed by atoms with Gasteiger partial charge in [-0.15, -0.1) is 12.4 Å². The van der Waals surface area contributed by atoms with Gasteiger partial charge in [0.25, 0.3) is 0 Å². The first kappa shape index (κ1) is 19.7. The Bertz CT molecular complexity index is 778. The summed E-state index contributed by atoms with van der Waals surface area (Å²) in [5, 5.41) is 0. The summed E-state index contributed by atoms with van der Waals surface area (Å²) in [6, 6.07) is 18.9. The smallest absolute Gasteiger partial charge is 0.246 e. The summed E-state index contributed by atoms with van der Waals surface area (Å²) in [6.45, 7) is 4.52. The van der Waals surface area contributed by atoms with Gasteiger partial charge in [0.1, 0.15) is 0 Å². The molecule has 3 nitrogen and oxygen atoms in total. The van der Waals surface area contributed by atoms with Crippen molar-refractivity contribution in [2.75, 3.05) is 26.2 Å². The van der Waals surface area contributed by atoms with Crippen molar-refractivity contribution in [3.63, 3.8) is 0 Å². The first-order chi connectivity index (χ1) is 12.8. The molecule has 0 atom stereocenters. The number of hydrogen-bond donors (Lipinski definition) is 0. The second-order valence-electron chi connectivity index (χ2n) is 7.32. The average molecular weight is 383 g/mol. The van der Waals surface area contributed by atoms with Gasteiger partial charge < -0.3 is 4.90 Å². The van der Waals surface area contributed by atoms with Gasteiger partial charge in [-0.1, -0.05) is 54.6 Å². The maximum absolute atomic E-state index is 12.4. The van der Waals surface area contributed by atoms with Crippen LogP contribution in [0.15, 0.2) is 60.7 Å². The van der Waals surface area contributed by atoms with E-state index < -0.39 is 0 Å². The molecular formula is C23H27ClN2O. The molecular weight excluding hydrogens is 356 g/mol. The number of piperazine rings is 1. The third-order valence-electron chi connectivity index (χ3n) is 5.37. The molecule has 4 rings (SSSR count). The molecule has 0 bridgehead atoms. The van der Waals surface area contributed by atoms with E-state index in [9.17, 15) is 4.79 Å². The van der Waals surface area contributed by atoms with Gasteiger partial charge in [-0.3, -0.25) is 9.69 Å². The zero-order valence-electron chi connectivity index (χ0n) is 15.6. The molecule has 142 valence electrons. The van der Waals surface area contributed by atoms with Gasteiger partial charge in [-0.05, 0) is 41.5 Å². The molecule has 0 unspecified atom stereocenters. The van der Waals surface area contributed by atoms with Gasteiger partial charge in [0.05, 0.1) is 0 Å². The summed E-state index contributed by atoms with van der Waals surface area (Å²) >= 11 is 0. The lowest BCUT2D eigenvalue weighted by Crippen LogP contribution is -2.47. The fraction of sp³-hybridized carbons (Fsp3) is 0.348. The lowest BCUT2D eigenvalue weighted by molar-refractivity contribution is -0.127. The highest BCUT2D eigenvalue weighted by Gasteiger charge is 2.27. The highest BCUT2D eigenvalue weighted by molar-refractivity contribution is 5.91. The van der Waals surface area contributed by atoms with Crippen LogP contribution in [0.25, 0.3) is 6.08 Å². The minimum atomic E-state index is 0. The number of amides is 1. The number of carbonyl (C=O) groups is 1. The van der Waals surface area contributed by atoms with E-state index >= 15 is 0 Å². The van der Waals surface area contributed by atoms with Crippen LogP contribution in [0.4, 0.5) is 0 Å². The number of carbonyl (C=O) groups excluding carboxylic acids is 1. The second kappa shape index (κ2) is 9.20. The van der Waals surface area contributed by atoms with E-state index in [4.69, 9.17) is 0 Å². The molecule has 0 spiro atoms. The van der Waals surface area contributed by atoms with Crippen LogP contribution in [0.1, 0.15) is 35.4 Å². The SMILES string of the molecule is Cl.O=C(C=Cc1ccccc1)N1CCN(Cc2ccccc2C2CC2)CC1. The fourth-order valence-corrected chi connectivity index (χ4v) is 3.68. The Kier molecular flexibility index (Phi) is 6.70. The Balaban J connectivity index is 0.00000210. The first-order valence-electron chi connectivity index (χ1n) is 9.62. The Morgan fingerprint density at radius 1 is 0.926 bits per heavy atom. The standard InChI is InChI=1S/C23H26N2O.ClH/c26-23(13-10-19-6-2-1-3-7-19)25-16-14-24(15-17-25)18-21-8-4-5-9-22(21)20-11-12-20;/h1-10,13,20H,11-12,14-18H2;1H. The predicted molar refractivity (Wildman–Crippen MR) is 113 cm³/mol. The minimum Gasteiger partial charge on any atom is -0.337 e. The van der Waals surface area contributed by atoms with Crippen molar-refractivity contribution in [2.24, 2.45) is 0 Å². The lowest BCUT2D eigenvalue weighted by atomic mass is 10.0. The summed E-state index contributed by atoms with van der Waals surface area (Å²) in [4.78, 5) is 16.8. The van der Waals surface area contributed by atoms with E-state index in [0.29, 0.717) is 0 Å². The van der Waals surface area contributed by atoms with Crippen LogP contribution < -0.4 is 0 Å². The van der Waals surface area contributed by atoms with E-state index in [2.05, 4.69) is 29.2 Å². The molecule has 2 aliphatic rings. The number of benzene rings is 2. The molecule has 4 heteroatoms. The fourth-order valence-electron chi connectivity index (χ4n) is 3.68. The Hall–Kier alpha value is -2.10. The number of hydrogen-bond acceptors (Lipinski definition) is 2. The molecule has 1 aliphatic heterocycles. The summed E-state index contributed by atoms with van der Waals surface area (Å²) in [6.07, 6.45) is 6.29. The Labute approximate surface area is 168 Å². The first-order valence-corrected chi connectivity index (χ1v) is 9.62. The Morgan fingerprint density at radius 3 is 2.30 bits per heavy atom. The average Bonchev–Trinajstić information content (AvgIpc) is 3.53. The monoisotopic (exact) mass is 382 g/mol. The van der Waals surface area contributed by atoms with Gasteiger partial charge in [0.2, 0.25) is 5.91 Å². The summed E-state index contributed by atoms with van der Waals surface area (Å²) in [5.74, 6) is 0.907. The molecule has 1 amide bonds. The van der Waals surface area contributed by atoms with Gasteiger partial charge >= 0.3 is 0 Å². The molecule has 0 aromatic heterocycles. The van der Waals surface area contributed by atoms with Crippen molar-refractivity contribution in [3.8, 4) is 0 Å². The van der Waals surface area contributed by atoms with Crippen LogP contribution in [0.3, 0.4) is 0 Å². The van der Waals surface area contributed by atoms with Crippen molar-refractivity contribution in [3.05, 3.63) is 77.4 Å². The van der Waals surface area contributed by atoms with Crippen LogP contribution in [0.5, 0.6) is 0 Å². The summed E-state index contributed by atoms with van der Waals surface area (Å²) in [7, 11) is 0. The number of halogens is 1. The zero-order valence-corrected chi connectivity index (χ0v) is 16.4. The van der Waals surface area contributed by atoms with Gasteiger partial charge in [0, 0.05) is 38.8 Å². The van der Waals surface area contributed by atoms with E-state index in [1.807, 2.05) is 41.3 Å². The lowest BCUT2D eigenvalue weighted by Gasteiger charge is -2.34. The summed E-state index contributed by atoms with van der Waals surface area (Å²) in [5.41, 5.74) is 4.08. The van der Waals surface area contributed by atoms with Crippen molar-refractivity contribution in [2.45, 2.75) is 25.3 Å². The van der Waals surface area contributed by atoms with E-state index in [1.54, 1.807) is 6.08 Å². The molecule has 0 N–H and O–H groups in total. The molecule has 2 aromatic carbocycles. The van der Waals surface area contributed by atoms with E-state index in [0.717, 1.165) is 44.2 Å². The van der Waals surface area contributed by atoms with Crippen molar-refractivity contribution in [1.29, 1.82) is 0 Å². The number of rotatable bonds is 5. The van der Waals surface area contributed by atoms with Crippen molar-refractivity contribution >= 4 is 24.4 Å². The van der Waals surface area contributed by atoms with Crippen molar-refractivity contribution < 1.29 is 4.79 Å². The minimum absolute atomic E-state index is 0. The predicted octanol–water partition coefficient (Wildman–Crippen LogP) is 4.34. The number of nitrogens with zero attached hydrogens (tertiary/aromatic N) is 2. The van der Waals surface area contributed by atoms with E-state index in [-0.39, 0.29) is 18.3 Å². The Morgan fingerprint density at radius 2 is 1.59 bits per heavy atom. The topological polar surface area (TPSA) is 23.6 Å². The van der Waals surface area contributed by atoms with Crippen LogP contribution in [-0.2, 0) is 11.3 Å². The molecule has 1 aliphatic carbocycles. The second-order valence-corrected chi connectivity index (χ2v) is 7.32. The molecule has 27 heavy (non-hydrogen) atoms. The van der Waals surface area contributed by atoms with Crippen LogP contribution in [-0.4, -0.2) is 41.9 Å². The summed E-state index contributed by atoms with van der Waals surface area (Å²) < 4.78 is 0. The maximum atomic E-state index is 12.4. The van der Waals surface area contributed by atoms with Gasteiger partial charge in [-0.2, -0.15) is 0 Å². The van der Waals surface area contributed by atoms with Gasteiger partial charge in [0.15, 0.2) is 0 Å². The van der Waals surface area contributed by atoms with Gasteiger partial charge in [-0.25, -0.2) is 0 Å². The largest absolute Gasteiger partial charge is 0.337 e. The van der Waals surface area contributed by atoms with Crippen LogP contribution >= 0.6 is 12.4 Å². The molecule has 1 saturated carbocycles. The molecule has 2 fully saturated rings. The quantitative estimate of drug-likeness (QED) is 0.718. The zero-order chi connectivity index (χ0) is 17.8. The normalized spacial score (nSPS) is 17.7. The third-order valence-corrected chi connectivity index (χ3v) is 5.37. The van der Waals surface area contributed by atoms with Crippen molar-refractivity contribution in [1.82, 2.24) is 9.80 Å². The molecule has 2 aromatic rings. The molecule has 0 radical (unpaired) electrons. The molecule has 1 saturated heterocycles. The van der Waals surface area contributed by atoms with Crippen LogP contribution in [0, 0.1) is 0 Å².